The summed E-state index contributed by atoms with van der Waals surface area (Å²) in [5.41, 5.74) is 1.93. The summed E-state index contributed by atoms with van der Waals surface area (Å²) >= 11 is 5.75. The average Bonchev–Trinajstić information content (AvgIpc) is 2.39. The fraction of sp³-hybridized carbons (Fsp3) is 0.154. The van der Waals surface area contributed by atoms with Crippen molar-refractivity contribution in [3.05, 3.63) is 57.2 Å². The van der Waals surface area contributed by atoms with E-state index in [0.717, 1.165) is 12.1 Å². The second kappa shape index (κ2) is 5.67. The van der Waals surface area contributed by atoms with Crippen molar-refractivity contribution in [3.8, 4) is 0 Å². The van der Waals surface area contributed by atoms with E-state index >= 15 is 0 Å². The van der Waals surface area contributed by atoms with Crippen LogP contribution in [0.2, 0.25) is 5.15 Å². The van der Waals surface area contributed by atoms with Crippen LogP contribution >= 0.6 is 11.6 Å². The molecule has 0 saturated carbocycles. The van der Waals surface area contributed by atoms with Gasteiger partial charge in [-0.05, 0) is 24.1 Å². The van der Waals surface area contributed by atoms with Gasteiger partial charge in [0.25, 0.3) is 5.69 Å². The number of pyridine rings is 1. The first kappa shape index (κ1) is 13.3. The summed E-state index contributed by atoms with van der Waals surface area (Å²) in [6, 6.07) is 10.3. The maximum absolute atomic E-state index is 10.7. The first-order chi connectivity index (χ1) is 9.08. The van der Waals surface area contributed by atoms with Crippen molar-refractivity contribution < 1.29 is 4.92 Å². The van der Waals surface area contributed by atoms with Crippen molar-refractivity contribution in [1.29, 1.82) is 0 Å². The van der Waals surface area contributed by atoms with E-state index < -0.39 is 4.92 Å². The summed E-state index contributed by atoms with van der Waals surface area (Å²) in [6.45, 7) is 2.07. The highest BCUT2D eigenvalue weighted by molar-refractivity contribution is 6.29. The second-order valence-corrected chi connectivity index (χ2v) is 4.35. The molecule has 0 radical (unpaired) electrons. The minimum atomic E-state index is -0.501. The van der Waals surface area contributed by atoms with Crippen LogP contribution in [0.25, 0.3) is 0 Å². The van der Waals surface area contributed by atoms with Gasteiger partial charge in [0.15, 0.2) is 0 Å². The maximum atomic E-state index is 10.7. The highest BCUT2D eigenvalue weighted by atomic mass is 35.5. The molecule has 1 heterocycles. The minimum absolute atomic E-state index is 0.0851. The molecule has 2 aromatic rings. The lowest BCUT2D eigenvalue weighted by atomic mass is 10.1. The zero-order chi connectivity index (χ0) is 13.8. The molecule has 0 spiro atoms. The third-order valence-electron chi connectivity index (χ3n) is 2.62. The van der Waals surface area contributed by atoms with Gasteiger partial charge in [0.1, 0.15) is 11.0 Å². The summed E-state index contributed by atoms with van der Waals surface area (Å²) in [5, 5.41) is 13.8. The Morgan fingerprint density at radius 1 is 1.32 bits per heavy atom. The van der Waals surface area contributed by atoms with Crippen molar-refractivity contribution in [2.45, 2.75) is 13.3 Å². The van der Waals surface area contributed by atoms with Gasteiger partial charge in [0.2, 0.25) is 0 Å². The van der Waals surface area contributed by atoms with E-state index in [4.69, 9.17) is 11.6 Å². The summed E-state index contributed by atoms with van der Waals surface area (Å²) in [5.74, 6) is 0.350. The normalized spacial score (nSPS) is 10.2. The quantitative estimate of drug-likeness (QED) is 0.522. The standard InChI is InChI=1S/C13H12ClN3O2/c1-2-9-3-5-10(6-4-9)15-13-8-11(17(18)19)7-12(14)16-13/h3-8H,2H2,1H3,(H,15,16). The highest BCUT2D eigenvalue weighted by Crippen LogP contribution is 2.23. The van der Waals surface area contributed by atoms with Crippen molar-refractivity contribution >= 4 is 28.8 Å². The number of nitro groups is 1. The molecule has 0 aliphatic rings. The van der Waals surface area contributed by atoms with Crippen LogP contribution in [0.15, 0.2) is 36.4 Å². The summed E-state index contributed by atoms with van der Waals surface area (Å²) in [7, 11) is 0. The smallest absolute Gasteiger partial charge is 0.276 e. The van der Waals surface area contributed by atoms with Crippen LogP contribution in [0.5, 0.6) is 0 Å². The van der Waals surface area contributed by atoms with E-state index in [9.17, 15) is 10.1 Å². The summed E-state index contributed by atoms with van der Waals surface area (Å²) in [4.78, 5) is 14.2. The molecule has 2 rings (SSSR count). The van der Waals surface area contributed by atoms with Crippen LogP contribution in [0.1, 0.15) is 12.5 Å². The molecule has 0 aliphatic carbocycles. The van der Waals surface area contributed by atoms with E-state index in [0.29, 0.717) is 5.82 Å². The fourth-order valence-electron chi connectivity index (χ4n) is 1.62. The lowest BCUT2D eigenvalue weighted by Crippen LogP contribution is -1.96. The molecule has 19 heavy (non-hydrogen) atoms. The zero-order valence-electron chi connectivity index (χ0n) is 10.3. The number of hydrogen-bond donors (Lipinski definition) is 1. The number of hydrogen-bond acceptors (Lipinski definition) is 4. The molecule has 1 aromatic carbocycles. The molecular formula is C13H12ClN3O2. The van der Waals surface area contributed by atoms with E-state index in [-0.39, 0.29) is 10.8 Å². The molecule has 5 nitrogen and oxygen atoms in total. The van der Waals surface area contributed by atoms with Crippen LogP contribution < -0.4 is 5.32 Å². The maximum Gasteiger partial charge on any atom is 0.276 e. The van der Waals surface area contributed by atoms with Gasteiger partial charge in [-0.15, -0.1) is 0 Å². The van der Waals surface area contributed by atoms with Crippen molar-refractivity contribution in [2.75, 3.05) is 5.32 Å². The van der Waals surface area contributed by atoms with Crippen LogP contribution in [-0.4, -0.2) is 9.91 Å². The summed E-state index contributed by atoms with van der Waals surface area (Å²) in [6.07, 6.45) is 0.959. The number of rotatable bonds is 4. The number of nitrogens with zero attached hydrogens (tertiary/aromatic N) is 2. The largest absolute Gasteiger partial charge is 0.340 e. The Balaban J connectivity index is 2.24. The Labute approximate surface area is 115 Å². The second-order valence-electron chi connectivity index (χ2n) is 3.97. The molecule has 0 fully saturated rings. The first-order valence-corrected chi connectivity index (χ1v) is 6.14. The Morgan fingerprint density at radius 2 is 2.00 bits per heavy atom. The molecule has 0 aliphatic heterocycles. The fourth-order valence-corrected chi connectivity index (χ4v) is 1.83. The lowest BCUT2D eigenvalue weighted by molar-refractivity contribution is -0.384. The molecular weight excluding hydrogens is 266 g/mol. The Morgan fingerprint density at radius 3 is 2.58 bits per heavy atom. The van der Waals surface area contributed by atoms with Crippen molar-refractivity contribution in [3.63, 3.8) is 0 Å². The molecule has 0 amide bonds. The van der Waals surface area contributed by atoms with Gasteiger partial charge in [0, 0.05) is 5.69 Å². The predicted molar refractivity (Wildman–Crippen MR) is 75.0 cm³/mol. The van der Waals surface area contributed by atoms with Gasteiger partial charge in [-0.1, -0.05) is 30.7 Å². The van der Waals surface area contributed by atoms with Gasteiger partial charge < -0.3 is 5.32 Å². The number of aromatic nitrogens is 1. The predicted octanol–water partition coefficient (Wildman–Crippen LogP) is 3.95. The Hall–Kier alpha value is -2.14. The van der Waals surface area contributed by atoms with Gasteiger partial charge in [-0.3, -0.25) is 10.1 Å². The lowest BCUT2D eigenvalue weighted by Gasteiger charge is -2.06. The number of halogens is 1. The van der Waals surface area contributed by atoms with Crippen molar-refractivity contribution in [2.24, 2.45) is 0 Å². The minimum Gasteiger partial charge on any atom is -0.340 e. The van der Waals surface area contributed by atoms with Crippen molar-refractivity contribution in [1.82, 2.24) is 4.98 Å². The van der Waals surface area contributed by atoms with E-state index in [1.807, 2.05) is 24.3 Å². The van der Waals surface area contributed by atoms with E-state index in [1.165, 1.54) is 17.7 Å². The topological polar surface area (TPSA) is 68.1 Å². The molecule has 0 bridgehead atoms. The highest BCUT2D eigenvalue weighted by Gasteiger charge is 2.10. The number of aryl methyl sites for hydroxylation is 1. The Bertz CT molecular complexity index is 599. The van der Waals surface area contributed by atoms with Gasteiger partial charge >= 0.3 is 0 Å². The van der Waals surface area contributed by atoms with Gasteiger partial charge in [-0.2, -0.15) is 0 Å². The molecule has 0 saturated heterocycles. The third kappa shape index (κ3) is 3.42. The zero-order valence-corrected chi connectivity index (χ0v) is 11.0. The SMILES string of the molecule is CCc1ccc(Nc2cc([N+](=O)[O-])cc(Cl)n2)cc1. The van der Waals surface area contributed by atoms with Crippen LogP contribution in [-0.2, 0) is 6.42 Å². The average molecular weight is 278 g/mol. The van der Waals surface area contributed by atoms with Crippen LogP contribution in [0.4, 0.5) is 17.2 Å². The van der Waals surface area contributed by atoms with E-state index in [1.54, 1.807) is 0 Å². The number of nitrogens with one attached hydrogen (secondary N) is 1. The molecule has 0 unspecified atom stereocenters. The first-order valence-electron chi connectivity index (χ1n) is 5.76. The van der Waals surface area contributed by atoms with Crippen LogP contribution in [0.3, 0.4) is 0 Å². The third-order valence-corrected chi connectivity index (χ3v) is 2.82. The van der Waals surface area contributed by atoms with Gasteiger partial charge in [-0.25, -0.2) is 4.98 Å². The molecule has 6 heteroatoms. The number of anilines is 2. The molecule has 1 N–H and O–H groups in total. The monoisotopic (exact) mass is 277 g/mol. The number of benzene rings is 1. The molecule has 1 aromatic heterocycles. The Kier molecular flexibility index (Phi) is 3.97. The van der Waals surface area contributed by atoms with Crippen LogP contribution in [0, 0.1) is 10.1 Å². The summed E-state index contributed by atoms with van der Waals surface area (Å²) < 4.78 is 0. The molecule has 0 atom stereocenters. The molecule has 98 valence electrons. The van der Waals surface area contributed by atoms with Gasteiger partial charge in [0.05, 0.1) is 17.1 Å². The van der Waals surface area contributed by atoms with E-state index in [2.05, 4.69) is 17.2 Å².